The zero-order valence-electron chi connectivity index (χ0n) is 13.3. The lowest BCUT2D eigenvalue weighted by molar-refractivity contribution is -0.111. The van der Waals surface area contributed by atoms with Crippen molar-refractivity contribution >= 4 is 52.0 Å². The number of fused-ring (bicyclic) bond motifs is 1. The maximum absolute atomic E-state index is 12.2. The van der Waals surface area contributed by atoms with Crippen molar-refractivity contribution in [2.75, 3.05) is 5.32 Å². The normalized spacial score (nSPS) is 11.5. The summed E-state index contributed by atoms with van der Waals surface area (Å²) >= 11 is 7.26. The molecule has 0 radical (unpaired) electrons. The smallest absolute Gasteiger partial charge is 0.248 e. The van der Waals surface area contributed by atoms with Crippen LogP contribution in [0.5, 0.6) is 0 Å². The number of nitrogens with zero attached hydrogens (tertiary/aromatic N) is 2. The summed E-state index contributed by atoms with van der Waals surface area (Å²) in [7, 11) is 0. The van der Waals surface area contributed by atoms with Crippen LogP contribution in [0.3, 0.4) is 0 Å². The minimum atomic E-state index is -0.259. The quantitative estimate of drug-likeness (QED) is 0.659. The van der Waals surface area contributed by atoms with Gasteiger partial charge in [0.05, 0.1) is 22.4 Å². The van der Waals surface area contributed by atoms with Gasteiger partial charge in [-0.15, -0.1) is 0 Å². The second-order valence-electron chi connectivity index (χ2n) is 5.70. The number of rotatable bonds is 4. The zero-order valence-corrected chi connectivity index (χ0v) is 14.9. The first-order valence-electron chi connectivity index (χ1n) is 7.54. The average molecular weight is 358 g/mol. The fourth-order valence-electron chi connectivity index (χ4n) is 2.27. The molecule has 6 heteroatoms. The average Bonchev–Trinajstić information content (AvgIpc) is 3.05. The molecule has 1 N–H and O–H groups in total. The van der Waals surface area contributed by atoms with E-state index in [1.807, 2.05) is 12.1 Å². The fraction of sp³-hybridized carbons (Fsp3) is 0.167. The summed E-state index contributed by atoms with van der Waals surface area (Å²) in [5, 5.41) is 3.23. The predicted molar refractivity (Wildman–Crippen MR) is 101 cm³/mol. The molecule has 3 aromatic rings. The molecule has 1 heterocycles. The number of carbonyl (C=O) groups excluding carboxylic acids is 1. The molecule has 0 atom stereocenters. The lowest BCUT2D eigenvalue weighted by atomic mass is 10.0. The fourth-order valence-corrected chi connectivity index (χ4v) is 3.02. The Morgan fingerprint density at radius 2 is 1.92 bits per heavy atom. The van der Waals surface area contributed by atoms with Gasteiger partial charge >= 0.3 is 0 Å². The maximum Gasteiger partial charge on any atom is 0.248 e. The summed E-state index contributed by atoms with van der Waals surface area (Å²) in [6, 6.07) is 11.6. The summed E-state index contributed by atoms with van der Waals surface area (Å²) in [4.78, 5) is 12.2. The number of benzene rings is 2. The van der Waals surface area contributed by atoms with E-state index < -0.39 is 0 Å². The monoisotopic (exact) mass is 357 g/mol. The van der Waals surface area contributed by atoms with E-state index in [1.165, 1.54) is 11.6 Å². The number of hydrogen-bond donors (Lipinski definition) is 1. The third-order valence-electron chi connectivity index (χ3n) is 3.66. The van der Waals surface area contributed by atoms with Gasteiger partial charge in [-0.05, 0) is 35.3 Å². The molecule has 0 saturated heterocycles. The van der Waals surface area contributed by atoms with E-state index in [0.717, 1.165) is 17.3 Å². The van der Waals surface area contributed by atoms with E-state index in [9.17, 15) is 4.79 Å². The topological polar surface area (TPSA) is 54.9 Å². The van der Waals surface area contributed by atoms with Gasteiger partial charge in [0.2, 0.25) is 5.91 Å². The first-order chi connectivity index (χ1) is 11.5. The molecule has 2 aromatic carbocycles. The number of carbonyl (C=O) groups is 1. The number of aromatic nitrogens is 2. The minimum absolute atomic E-state index is 0.259. The van der Waals surface area contributed by atoms with Gasteiger partial charge in [0.1, 0.15) is 11.0 Å². The molecule has 4 nitrogen and oxygen atoms in total. The van der Waals surface area contributed by atoms with Gasteiger partial charge in [0, 0.05) is 6.08 Å². The van der Waals surface area contributed by atoms with Crippen molar-refractivity contribution in [2.45, 2.75) is 19.8 Å². The van der Waals surface area contributed by atoms with Gasteiger partial charge in [-0.25, -0.2) is 0 Å². The molecular formula is C18H16ClN3OS. The maximum atomic E-state index is 12.2. The van der Waals surface area contributed by atoms with Gasteiger partial charge in [-0.2, -0.15) is 8.75 Å². The van der Waals surface area contributed by atoms with Crippen LogP contribution < -0.4 is 5.32 Å². The molecule has 0 aliphatic carbocycles. The molecular weight excluding hydrogens is 342 g/mol. The van der Waals surface area contributed by atoms with E-state index in [4.69, 9.17) is 11.6 Å². The lowest BCUT2D eigenvalue weighted by Crippen LogP contribution is -2.08. The number of amides is 1. The van der Waals surface area contributed by atoms with Crippen LogP contribution in [-0.4, -0.2) is 14.7 Å². The molecule has 24 heavy (non-hydrogen) atoms. The Hall–Kier alpha value is -2.24. The summed E-state index contributed by atoms with van der Waals surface area (Å²) in [5.41, 5.74) is 4.05. The van der Waals surface area contributed by atoms with E-state index >= 15 is 0 Å². The Morgan fingerprint density at radius 1 is 1.17 bits per heavy atom. The van der Waals surface area contributed by atoms with Crippen LogP contribution >= 0.6 is 23.3 Å². The lowest BCUT2D eigenvalue weighted by Gasteiger charge is -2.06. The second kappa shape index (κ2) is 7.11. The van der Waals surface area contributed by atoms with Crippen LogP contribution in [0, 0.1) is 0 Å². The Bertz CT molecular complexity index is 900. The molecule has 0 spiro atoms. The number of halogens is 1. The highest BCUT2D eigenvalue weighted by atomic mass is 35.5. The van der Waals surface area contributed by atoms with E-state index in [1.54, 1.807) is 18.2 Å². The van der Waals surface area contributed by atoms with Gasteiger partial charge in [0.15, 0.2) is 0 Å². The highest BCUT2D eigenvalue weighted by Gasteiger charge is 2.11. The van der Waals surface area contributed by atoms with Crippen LogP contribution in [0.1, 0.15) is 30.9 Å². The van der Waals surface area contributed by atoms with Crippen molar-refractivity contribution in [3.63, 3.8) is 0 Å². The molecule has 0 unspecified atom stereocenters. The number of nitrogens with one attached hydrogen (secondary N) is 1. The Balaban J connectivity index is 1.75. The van der Waals surface area contributed by atoms with Crippen LogP contribution in [0.25, 0.3) is 17.1 Å². The molecule has 122 valence electrons. The Kier molecular flexibility index (Phi) is 4.92. The highest BCUT2D eigenvalue weighted by Crippen LogP contribution is 2.29. The van der Waals surface area contributed by atoms with E-state index in [0.29, 0.717) is 27.7 Å². The predicted octanol–water partition coefficient (Wildman–Crippen LogP) is 5.12. The number of hydrogen-bond acceptors (Lipinski definition) is 4. The van der Waals surface area contributed by atoms with Crippen molar-refractivity contribution in [3.8, 4) is 0 Å². The van der Waals surface area contributed by atoms with Crippen LogP contribution in [0.2, 0.25) is 5.02 Å². The minimum Gasteiger partial charge on any atom is -0.319 e. The molecule has 1 aromatic heterocycles. The van der Waals surface area contributed by atoms with E-state index in [2.05, 4.69) is 40.0 Å². The first-order valence-corrected chi connectivity index (χ1v) is 8.65. The SMILES string of the molecule is CC(C)c1ccc(/C=C/C(=O)Nc2c(Cl)ccc3nsnc23)cc1. The highest BCUT2D eigenvalue weighted by molar-refractivity contribution is 7.00. The molecule has 0 fully saturated rings. The summed E-state index contributed by atoms with van der Waals surface area (Å²) < 4.78 is 8.33. The number of anilines is 1. The van der Waals surface area contributed by atoms with Crippen LogP contribution in [-0.2, 0) is 4.79 Å². The van der Waals surface area contributed by atoms with Crippen molar-refractivity contribution in [3.05, 3.63) is 58.6 Å². The van der Waals surface area contributed by atoms with Crippen LogP contribution in [0.4, 0.5) is 5.69 Å². The summed E-state index contributed by atoms with van der Waals surface area (Å²) in [6.45, 7) is 4.30. The van der Waals surface area contributed by atoms with Gasteiger partial charge in [-0.1, -0.05) is 49.7 Å². The molecule has 0 saturated carbocycles. The van der Waals surface area contributed by atoms with Gasteiger partial charge < -0.3 is 5.32 Å². The molecule has 1 amide bonds. The third kappa shape index (κ3) is 3.63. The molecule has 0 bridgehead atoms. The van der Waals surface area contributed by atoms with E-state index in [-0.39, 0.29) is 5.91 Å². The molecule has 0 aliphatic rings. The molecule has 0 aliphatic heterocycles. The van der Waals surface area contributed by atoms with Crippen molar-refractivity contribution in [1.82, 2.24) is 8.75 Å². The summed E-state index contributed by atoms with van der Waals surface area (Å²) in [6.07, 6.45) is 3.26. The third-order valence-corrected chi connectivity index (χ3v) is 4.51. The zero-order chi connectivity index (χ0) is 17.1. The van der Waals surface area contributed by atoms with Crippen molar-refractivity contribution in [2.24, 2.45) is 0 Å². The Labute approximate surface area is 149 Å². The van der Waals surface area contributed by atoms with Crippen molar-refractivity contribution < 1.29 is 4.79 Å². The Morgan fingerprint density at radius 3 is 2.62 bits per heavy atom. The first kappa shape index (κ1) is 16.6. The standard InChI is InChI=1S/C18H16ClN3OS/c1-11(2)13-6-3-12(4-7-13)5-10-16(23)20-17-14(19)8-9-15-18(17)22-24-21-15/h3-11H,1-2H3,(H,20,23)/b10-5+. The largest absolute Gasteiger partial charge is 0.319 e. The van der Waals surface area contributed by atoms with Gasteiger partial charge in [0.25, 0.3) is 0 Å². The van der Waals surface area contributed by atoms with Crippen LogP contribution in [0.15, 0.2) is 42.5 Å². The second-order valence-corrected chi connectivity index (χ2v) is 6.63. The molecule has 3 rings (SSSR count). The summed E-state index contributed by atoms with van der Waals surface area (Å²) in [5.74, 6) is 0.228. The van der Waals surface area contributed by atoms with Crippen molar-refractivity contribution in [1.29, 1.82) is 0 Å². The van der Waals surface area contributed by atoms with Gasteiger partial charge in [-0.3, -0.25) is 4.79 Å².